The first-order valence-electron chi connectivity index (χ1n) is 6.32. The smallest absolute Gasteiger partial charge is 0.201 e. The molecule has 1 heterocycles. The summed E-state index contributed by atoms with van der Waals surface area (Å²) in [5.41, 5.74) is 0. The van der Waals surface area contributed by atoms with Crippen LogP contribution in [-0.2, 0) is 10.2 Å². The summed E-state index contributed by atoms with van der Waals surface area (Å²) in [5.74, 6) is 0.267. The molecule has 1 saturated heterocycles. The number of rotatable bonds is 5. The summed E-state index contributed by atoms with van der Waals surface area (Å²) in [4.78, 5) is 0. The van der Waals surface area contributed by atoms with E-state index in [1.807, 2.05) is 13.8 Å². The number of nitrogens with one attached hydrogen (secondary N) is 1. The van der Waals surface area contributed by atoms with Gasteiger partial charge in [-0.1, -0.05) is 26.7 Å². The van der Waals surface area contributed by atoms with Gasteiger partial charge in [0.25, 0.3) is 10.2 Å². The van der Waals surface area contributed by atoms with Crippen molar-refractivity contribution in [2.45, 2.75) is 44.9 Å². The Morgan fingerprint density at radius 3 is 2.18 bits per heavy atom. The molecular weight excluding hydrogens is 260 g/mol. The fourth-order valence-electron chi connectivity index (χ4n) is 1.79. The third-order valence-corrected chi connectivity index (χ3v) is 5.32. The van der Waals surface area contributed by atoms with Gasteiger partial charge in [-0.2, -0.15) is 12.7 Å². The second-order valence-corrected chi connectivity index (χ2v) is 7.24. The second kappa shape index (κ2) is 6.92. The lowest BCUT2D eigenvalue weighted by molar-refractivity contribution is 0.413. The van der Waals surface area contributed by atoms with E-state index in [0.717, 1.165) is 25.7 Å². The molecule has 1 rings (SSSR count). The Kier molecular flexibility index (Phi) is 6.20. The van der Waals surface area contributed by atoms with E-state index >= 15 is 0 Å². The van der Waals surface area contributed by atoms with Gasteiger partial charge in [-0.05, 0) is 18.8 Å². The van der Waals surface area contributed by atoms with Crippen LogP contribution in [0, 0.1) is 5.92 Å². The van der Waals surface area contributed by atoms with Crippen molar-refractivity contribution in [3.63, 3.8) is 0 Å². The maximum atomic E-state index is 12.0. The van der Waals surface area contributed by atoms with Crippen LogP contribution in [0.25, 0.3) is 0 Å². The third kappa shape index (κ3) is 5.12. The zero-order chi connectivity index (χ0) is 12.9. The Balaban J connectivity index is 2.49. The van der Waals surface area contributed by atoms with Crippen LogP contribution in [0.4, 0.5) is 0 Å². The zero-order valence-corrected chi connectivity index (χ0v) is 12.2. The van der Waals surface area contributed by atoms with Crippen molar-refractivity contribution in [3.8, 4) is 0 Å². The van der Waals surface area contributed by atoms with Crippen LogP contribution >= 0.6 is 11.6 Å². The van der Waals surface area contributed by atoms with Crippen LogP contribution in [0.3, 0.4) is 0 Å². The molecular formula is C11H23ClN2O2S. The molecule has 0 aromatic carbocycles. The fraction of sp³-hybridized carbons (Fsp3) is 1.00. The summed E-state index contributed by atoms with van der Waals surface area (Å²) in [6, 6.07) is 0. The third-order valence-electron chi connectivity index (χ3n) is 3.09. The highest BCUT2D eigenvalue weighted by Gasteiger charge is 2.23. The Labute approximate surface area is 110 Å². The predicted molar refractivity (Wildman–Crippen MR) is 71.4 cm³/mol. The topological polar surface area (TPSA) is 49.4 Å². The van der Waals surface area contributed by atoms with E-state index in [2.05, 4.69) is 4.72 Å². The molecule has 0 saturated carbocycles. The van der Waals surface area contributed by atoms with E-state index in [4.69, 9.17) is 11.6 Å². The predicted octanol–water partition coefficient (Wildman–Crippen LogP) is 1.96. The monoisotopic (exact) mass is 282 g/mol. The number of alkyl halides is 1. The molecule has 102 valence electrons. The van der Waals surface area contributed by atoms with Crippen LogP contribution in [0.1, 0.15) is 39.5 Å². The maximum absolute atomic E-state index is 12.0. The number of hydrogen-bond donors (Lipinski definition) is 1. The molecule has 1 aliphatic rings. The zero-order valence-electron chi connectivity index (χ0n) is 10.7. The molecule has 4 nitrogen and oxygen atoms in total. The quantitative estimate of drug-likeness (QED) is 0.784. The van der Waals surface area contributed by atoms with E-state index in [1.165, 1.54) is 0 Å². The van der Waals surface area contributed by atoms with Gasteiger partial charge in [-0.25, -0.2) is 4.72 Å². The number of nitrogens with zero attached hydrogens (tertiary/aromatic N) is 1. The summed E-state index contributed by atoms with van der Waals surface area (Å²) in [5, 5.41) is -0.156. The summed E-state index contributed by atoms with van der Waals surface area (Å²) in [6.07, 6.45) is 4.15. The van der Waals surface area contributed by atoms with Gasteiger partial charge in [-0.15, -0.1) is 11.6 Å². The first-order chi connectivity index (χ1) is 7.93. The van der Waals surface area contributed by atoms with Crippen LogP contribution in [0.15, 0.2) is 0 Å². The highest BCUT2D eigenvalue weighted by Crippen LogP contribution is 2.13. The van der Waals surface area contributed by atoms with Crippen molar-refractivity contribution in [1.29, 1.82) is 0 Å². The fourth-order valence-corrected chi connectivity index (χ4v) is 3.27. The molecule has 1 unspecified atom stereocenters. The van der Waals surface area contributed by atoms with Crippen LogP contribution in [-0.4, -0.2) is 37.7 Å². The molecule has 1 fully saturated rings. The molecule has 0 radical (unpaired) electrons. The molecule has 0 bridgehead atoms. The van der Waals surface area contributed by atoms with E-state index in [-0.39, 0.29) is 11.3 Å². The molecule has 0 aliphatic carbocycles. The molecule has 17 heavy (non-hydrogen) atoms. The molecule has 0 spiro atoms. The standard InChI is InChI=1S/C11H23ClN2O2S/c1-10(2)11(12)9-13-17(15,16)14-7-5-3-4-6-8-14/h10-11,13H,3-9H2,1-2H3. The van der Waals surface area contributed by atoms with Gasteiger partial charge >= 0.3 is 0 Å². The highest BCUT2D eigenvalue weighted by atomic mass is 35.5. The first-order valence-corrected chi connectivity index (χ1v) is 8.20. The maximum Gasteiger partial charge on any atom is 0.279 e. The van der Waals surface area contributed by atoms with Gasteiger partial charge in [0.05, 0.1) is 0 Å². The minimum atomic E-state index is -3.34. The molecule has 1 atom stereocenters. The van der Waals surface area contributed by atoms with Crippen molar-refractivity contribution in [3.05, 3.63) is 0 Å². The lowest BCUT2D eigenvalue weighted by Gasteiger charge is -2.22. The normalized spacial score (nSPS) is 21.4. The summed E-state index contributed by atoms with van der Waals surface area (Å²) in [7, 11) is -3.34. The van der Waals surface area contributed by atoms with E-state index in [1.54, 1.807) is 4.31 Å². The summed E-state index contributed by atoms with van der Waals surface area (Å²) in [6.45, 7) is 5.53. The highest BCUT2D eigenvalue weighted by molar-refractivity contribution is 7.87. The number of halogens is 1. The largest absolute Gasteiger partial charge is 0.279 e. The molecule has 0 aromatic rings. The van der Waals surface area contributed by atoms with Crippen molar-refractivity contribution < 1.29 is 8.42 Å². The van der Waals surface area contributed by atoms with Gasteiger partial charge < -0.3 is 0 Å². The Morgan fingerprint density at radius 2 is 1.71 bits per heavy atom. The Hall–Kier alpha value is 0.160. The van der Waals surface area contributed by atoms with Crippen LogP contribution < -0.4 is 4.72 Å². The Morgan fingerprint density at radius 1 is 1.18 bits per heavy atom. The van der Waals surface area contributed by atoms with Gasteiger partial charge in [0.2, 0.25) is 0 Å². The van der Waals surface area contributed by atoms with E-state index < -0.39 is 10.2 Å². The summed E-state index contributed by atoms with van der Waals surface area (Å²) >= 11 is 6.05. The molecule has 1 aliphatic heterocycles. The lowest BCUT2D eigenvalue weighted by atomic mass is 10.1. The average molecular weight is 283 g/mol. The number of hydrogen-bond acceptors (Lipinski definition) is 2. The SMILES string of the molecule is CC(C)C(Cl)CNS(=O)(=O)N1CCCCCC1. The van der Waals surface area contributed by atoms with Crippen LogP contribution in [0.2, 0.25) is 0 Å². The Bertz CT molecular complexity index is 311. The minimum Gasteiger partial charge on any atom is -0.201 e. The van der Waals surface area contributed by atoms with Gasteiger partial charge in [-0.3, -0.25) is 0 Å². The first kappa shape index (κ1) is 15.2. The van der Waals surface area contributed by atoms with E-state index in [0.29, 0.717) is 19.6 Å². The summed E-state index contributed by atoms with van der Waals surface area (Å²) < 4.78 is 28.2. The van der Waals surface area contributed by atoms with Crippen molar-refractivity contribution in [1.82, 2.24) is 9.03 Å². The van der Waals surface area contributed by atoms with E-state index in [9.17, 15) is 8.42 Å². The van der Waals surface area contributed by atoms with Gasteiger partial charge in [0, 0.05) is 25.0 Å². The van der Waals surface area contributed by atoms with Gasteiger partial charge in [0.15, 0.2) is 0 Å². The molecule has 0 aromatic heterocycles. The minimum absolute atomic E-state index is 0.156. The van der Waals surface area contributed by atoms with Crippen molar-refractivity contribution >= 4 is 21.8 Å². The van der Waals surface area contributed by atoms with Gasteiger partial charge in [0.1, 0.15) is 0 Å². The molecule has 0 amide bonds. The average Bonchev–Trinajstić information content (AvgIpc) is 2.54. The molecule has 6 heteroatoms. The van der Waals surface area contributed by atoms with Crippen molar-refractivity contribution in [2.75, 3.05) is 19.6 Å². The second-order valence-electron chi connectivity index (χ2n) is 4.93. The molecule has 1 N–H and O–H groups in total. The van der Waals surface area contributed by atoms with Crippen molar-refractivity contribution in [2.24, 2.45) is 5.92 Å². The van der Waals surface area contributed by atoms with Crippen LogP contribution in [0.5, 0.6) is 0 Å². The lowest BCUT2D eigenvalue weighted by Crippen LogP contribution is -2.43.